The van der Waals surface area contributed by atoms with Gasteiger partial charge in [0.05, 0.1) is 6.20 Å². The minimum absolute atomic E-state index is 0.212. The van der Waals surface area contributed by atoms with Crippen molar-refractivity contribution in [3.63, 3.8) is 0 Å². The third-order valence-electron chi connectivity index (χ3n) is 6.71. The molecule has 1 aromatic carbocycles. The second-order valence-corrected chi connectivity index (χ2v) is 9.20. The first-order chi connectivity index (χ1) is 18.3. The van der Waals surface area contributed by atoms with Gasteiger partial charge >= 0.3 is 0 Å². The van der Waals surface area contributed by atoms with Crippen molar-refractivity contribution in [1.82, 2.24) is 29.6 Å². The number of halogens is 2. The third-order valence-corrected chi connectivity index (χ3v) is 6.71. The van der Waals surface area contributed by atoms with E-state index in [0.717, 1.165) is 6.34 Å². The number of hydrogen-bond acceptors (Lipinski definition) is 6. The topological polar surface area (TPSA) is 122 Å². The predicted molar refractivity (Wildman–Crippen MR) is 139 cm³/mol. The molecule has 12 heteroatoms. The molecule has 0 bridgehead atoms. The lowest BCUT2D eigenvalue weighted by atomic mass is 9.90. The van der Waals surface area contributed by atoms with Crippen LogP contribution in [0.15, 0.2) is 60.2 Å². The highest BCUT2D eigenvalue weighted by molar-refractivity contribution is 6.02. The van der Waals surface area contributed by atoms with E-state index >= 15 is 4.39 Å². The average Bonchev–Trinajstić information content (AvgIpc) is 3.52. The van der Waals surface area contributed by atoms with E-state index in [2.05, 4.69) is 25.0 Å². The summed E-state index contributed by atoms with van der Waals surface area (Å²) >= 11 is 0. The number of aryl methyl sites for hydroxylation is 1. The Hall–Kier alpha value is -4.45. The van der Waals surface area contributed by atoms with Crippen LogP contribution in [0, 0.1) is 17.0 Å². The fourth-order valence-corrected chi connectivity index (χ4v) is 4.50. The fourth-order valence-electron chi connectivity index (χ4n) is 4.50. The molecule has 0 radical (unpaired) electrons. The van der Waals surface area contributed by atoms with Crippen LogP contribution < -0.4 is 4.90 Å². The van der Waals surface area contributed by atoms with Gasteiger partial charge in [-0.3, -0.25) is 10.1 Å². The van der Waals surface area contributed by atoms with E-state index in [4.69, 9.17) is 5.41 Å². The summed E-state index contributed by atoms with van der Waals surface area (Å²) in [6.45, 7) is 3.71. The van der Waals surface area contributed by atoms with E-state index < -0.39 is 11.4 Å². The number of nitrogens with one attached hydrogen (secondary N) is 2. The average molecular weight is 520 g/mol. The minimum Gasteiger partial charge on any atom is -0.381 e. The Morgan fingerprint density at radius 2 is 1.76 bits per heavy atom. The van der Waals surface area contributed by atoms with E-state index in [1.165, 1.54) is 24.3 Å². The van der Waals surface area contributed by atoms with E-state index in [-0.39, 0.29) is 11.5 Å². The molecule has 3 N–H and O–H groups in total. The normalized spacial score (nSPS) is 16.0. The Morgan fingerprint density at radius 3 is 2.37 bits per heavy atom. The van der Waals surface area contributed by atoms with Crippen LogP contribution in [0.5, 0.6) is 0 Å². The molecule has 10 nitrogen and oxygen atoms in total. The van der Waals surface area contributed by atoms with Gasteiger partial charge in [0.15, 0.2) is 11.7 Å². The monoisotopic (exact) mass is 519 g/mol. The summed E-state index contributed by atoms with van der Waals surface area (Å²) in [4.78, 5) is 19.9. The van der Waals surface area contributed by atoms with Crippen LogP contribution in [0.4, 0.5) is 14.7 Å². The van der Waals surface area contributed by atoms with Gasteiger partial charge < -0.3 is 19.9 Å². The Bertz CT molecular complexity index is 1450. The van der Waals surface area contributed by atoms with Gasteiger partial charge in [0.25, 0.3) is 0 Å². The minimum atomic E-state index is -1.38. The molecular weight excluding hydrogens is 492 g/mol. The van der Waals surface area contributed by atoms with Crippen molar-refractivity contribution in [2.24, 2.45) is 12.0 Å². The number of rotatable bonds is 6. The van der Waals surface area contributed by atoms with Crippen LogP contribution >= 0.6 is 0 Å². The molecule has 1 aliphatic rings. The van der Waals surface area contributed by atoms with Gasteiger partial charge in [0.2, 0.25) is 5.95 Å². The summed E-state index contributed by atoms with van der Waals surface area (Å²) in [5.74, 6) is 0.0166. The highest BCUT2D eigenvalue weighted by Gasteiger charge is 2.29. The van der Waals surface area contributed by atoms with E-state index in [1.54, 1.807) is 49.6 Å². The third kappa shape index (κ3) is 4.77. The number of piperazine rings is 1. The van der Waals surface area contributed by atoms with Crippen LogP contribution in [0.1, 0.15) is 23.7 Å². The quantitative estimate of drug-likeness (QED) is 0.266. The van der Waals surface area contributed by atoms with Crippen LogP contribution in [0.3, 0.4) is 0 Å². The summed E-state index contributed by atoms with van der Waals surface area (Å²) in [6, 6.07) is 5.66. The molecule has 0 aliphatic carbocycles. The maximum atomic E-state index is 15.4. The van der Waals surface area contributed by atoms with Gasteiger partial charge in [-0.2, -0.15) is 5.10 Å². The lowest BCUT2D eigenvalue weighted by Crippen LogP contribution is -2.49. The standard InChI is InChI=1S/C26H27F2N9O/c1-26(38,18-3-5-20(27)6-4-18)19-12-31-25(32-13-19)37-9-7-36(8-10-37)24(33-16-29)23-22(28)21(14-30-23)17-11-34-35(2)15-17/h3-6,11-16,29-30,38H,7-10H2,1-2H3/b29-16?,33-24+/t26-/m1/s1. The maximum Gasteiger partial charge on any atom is 0.225 e. The SMILES string of the molecule is Cn1cc(-c2c[nH]c(/C(=N\C=N)N3CCN(c4ncc([C@](C)(O)c5ccc(F)cc5)cn4)CC3)c2F)cn1. The number of aliphatic imine (C=N–C) groups is 1. The molecule has 0 amide bonds. The smallest absolute Gasteiger partial charge is 0.225 e. The first kappa shape index (κ1) is 25.2. The van der Waals surface area contributed by atoms with Crippen LogP contribution in [-0.2, 0) is 12.6 Å². The number of anilines is 1. The Kier molecular flexibility index (Phi) is 6.72. The molecule has 4 aromatic rings. The molecule has 0 unspecified atom stereocenters. The van der Waals surface area contributed by atoms with E-state index in [9.17, 15) is 9.50 Å². The van der Waals surface area contributed by atoms with Crippen molar-refractivity contribution >= 4 is 18.1 Å². The number of amidine groups is 1. The number of aromatic nitrogens is 5. The summed E-state index contributed by atoms with van der Waals surface area (Å²) in [7, 11) is 1.77. The van der Waals surface area contributed by atoms with Crippen LogP contribution in [0.2, 0.25) is 0 Å². The number of hydrogen-bond donors (Lipinski definition) is 3. The lowest BCUT2D eigenvalue weighted by Gasteiger charge is -2.36. The first-order valence-corrected chi connectivity index (χ1v) is 12.0. The zero-order valence-corrected chi connectivity index (χ0v) is 20.9. The Labute approximate surface area is 217 Å². The van der Waals surface area contributed by atoms with Crippen LogP contribution in [-0.4, -0.2) is 73.1 Å². The van der Waals surface area contributed by atoms with Crippen molar-refractivity contribution < 1.29 is 13.9 Å². The summed E-state index contributed by atoms with van der Waals surface area (Å²) in [5.41, 5.74) is 0.880. The second-order valence-electron chi connectivity index (χ2n) is 9.20. The molecule has 0 saturated carbocycles. The molecule has 3 aromatic heterocycles. The van der Waals surface area contributed by atoms with Gasteiger partial charge in [-0.25, -0.2) is 23.7 Å². The summed E-state index contributed by atoms with van der Waals surface area (Å²) in [6.07, 6.45) is 8.93. The number of aromatic amines is 1. The predicted octanol–water partition coefficient (Wildman–Crippen LogP) is 2.92. The molecule has 0 spiro atoms. The van der Waals surface area contributed by atoms with Crippen molar-refractivity contribution in [1.29, 1.82) is 5.41 Å². The molecule has 1 aliphatic heterocycles. The van der Waals surface area contributed by atoms with E-state index in [1.807, 2.05) is 9.80 Å². The zero-order valence-electron chi connectivity index (χ0n) is 20.9. The molecule has 1 saturated heterocycles. The fraction of sp³-hybridized carbons (Fsp3) is 0.269. The molecule has 4 heterocycles. The number of benzene rings is 1. The molecular formula is C26H27F2N9O. The second kappa shape index (κ2) is 10.1. The van der Waals surface area contributed by atoms with Crippen molar-refractivity contribution in [3.05, 3.63) is 83.7 Å². The van der Waals surface area contributed by atoms with Crippen molar-refractivity contribution in [2.45, 2.75) is 12.5 Å². The van der Waals surface area contributed by atoms with Gasteiger partial charge in [0.1, 0.15) is 23.5 Å². The molecule has 1 atom stereocenters. The van der Waals surface area contributed by atoms with E-state index in [0.29, 0.717) is 60.2 Å². The molecule has 38 heavy (non-hydrogen) atoms. The number of nitrogens with zero attached hydrogens (tertiary/aromatic N) is 7. The highest BCUT2D eigenvalue weighted by Crippen LogP contribution is 2.29. The maximum absolute atomic E-state index is 15.4. The largest absolute Gasteiger partial charge is 0.381 e. The van der Waals surface area contributed by atoms with Crippen molar-refractivity contribution in [2.75, 3.05) is 31.1 Å². The Balaban J connectivity index is 1.28. The van der Waals surface area contributed by atoms with Gasteiger partial charge in [0, 0.05) is 74.7 Å². The number of H-pyrrole nitrogens is 1. The van der Waals surface area contributed by atoms with Crippen LogP contribution in [0.25, 0.3) is 11.1 Å². The van der Waals surface area contributed by atoms with Gasteiger partial charge in [-0.1, -0.05) is 12.1 Å². The van der Waals surface area contributed by atoms with Gasteiger partial charge in [-0.15, -0.1) is 0 Å². The highest BCUT2D eigenvalue weighted by atomic mass is 19.1. The summed E-state index contributed by atoms with van der Waals surface area (Å²) in [5, 5.41) is 22.6. The first-order valence-electron chi connectivity index (χ1n) is 12.0. The lowest BCUT2D eigenvalue weighted by molar-refractivity contribution is 0.101. The molecule has 5 rings (SSSR count). The molecule has 1 fully saturated rings. The van der Waals surface area contributed by atoms with Crippen molar-refractivity contribution in [3.8, 4) is 11.1 Å². The molecule has 196 valence electrons. The van der Waals surface area contributed by atoms with Gasteiger partial charge in [-0.05, 0) is 24.6 Å². The Morgan fingerprint density at radius 1 is 1.08 bits per heavy atom. The summed E-state index contributed by atoms with van der Waals surface area (Å²) < 4.78 is 30.2. The zero-order chi connectivity index (χ0) is 26.9. The number of aliphatic hydroxyl groups is 1.